The molecule has 0 unspecified atom stereocenters. The van der Waals surface area contributed by atoms with Gasteiger partial charge in [0.05, 0.1) is 39.3 Å². The van der Waals surface area contributed by atoms with Crippen molar-refractivity contribution in [1.29, 1.82) is 0 Å². The van der Waals surface area contributed by atoms with Crippen LogP contribution in [0.2, 0.25) is 0 Å². The maximum atomic E-state index is 13.2. The highest BCUT2D eigenvalue weighted by Crippen LogP contribution is 2.34. The molecule has 6 N–H and O–H groups in total. The molecule has 4 fully saturated rings. The summed E-state index contributed by atoms with van der Waals surface area (Å²) in [5.41, 5.74) is -1.50. The number of aliphatic carboxylic acids is 2. The van der Waals surface area contributed by atoms with Gasteiger partial charge in [0.2, 0.25) is 0 Å². The van der Waals surface area contributed by atoms with Crippen molar-refractivity contribution in [1.82, 2.24) is 31.1 Å². The van der Waals surface area contributed by atoms with Gasteiger partial charge >= 0.3 is 35.8 Å². The van der Waals surface area contributed by atoms with E-state index in [1.807, 2.05) is 27.7 Å². The third-order valence-corrected chi connectivity index (χ3v) is 11.9. The Balaban J connectivity index is 0.000000424. The fourth-order valence-corrected chi connectivity index (χ4v) is 11.6. The lowest BCUT2D eigenvalue weighted by Crippen LogP contribution is -2.60. The highest BCUT2D eigenvalue weighted by molar-refractivity contribution is 5.79. The van der Waals surface area contributed by atoms with Crippen LogP contribution in [0.25, 0.3) is 0 Å². The van der Waals surface area contributed by atoms with Crippen LogP contribution in [0, 0.1) is 0 Å². The van der Waals surface area contributed by atoms with Gasteiger partial charge in [0.25, 0.3) is 0 Å². The van der Waals surface area contributed by atoms with Gasteiger partial charge in [0.15, 0.2) is 0 Å². The topological polar surface area (TPSA) is 234 Å². The van der Waals surface area contributed by atoms with E-state index in [0.717, 1.165) is 4.90 Å². The molecule has 0 aromatic carbocycles. The molecule has 0 spiro atoms. The summed E-state index contributed by atoms with van der Waals surface area (Å²) >= 11 is 0. The Kier molecular flexibility index (Phi) is 18.5. The van der Waals surface area contributed by atoms with Crippen LogP contribution in [0.5, 0.6) is 0 Å². The molecule has 0 aromatic heterocycles. The second-order valence-corrected chi connectivity index (χ2v) is 24.7. The third kappa shape index (κ3) is 21.3. The highest BCUT2D eigenvalue weighted by atomic mass is 16.6. The molecule has 380 valence electrons. The molecule has 4 aliphatic heterocycles. The Bertz CT molecular complexity index is 1530. The van der Waals surface area contributed by atoms with Gasteiger partial charge in [-0.3, -0.25) is 38.6 Å². The number of nitrogens with zero attached hydrogens (tertiary/aromatic N) is 2. The predicted molar refractivity (Wildman–Crippen MR) is 250 cm³/mol. The van der Waals surface area contributed by atoms with Crippen LogP contribution in [-0.2, 0) is 47.7 Å². The second kappa shape index (κ2) is 21.5. The van der Waals surface area contributed by atoms with E-state index in [-0.39, 0.29) is 94.9 Å². The third-order valence-electron chi connectivity index (χ3n) is 11.9. The number of ether oxygens (including phenoxy) is 4. The number of carboxylic acids is 2. The van der Waals surface area contributed by atoms with E-state index in [9.17, 15) is 28.8 Å². The monoisotopic (exact) mass is 939 g/mol. The van der Waals surface area contributed by atoms with Crippen molar-refractivity contribution >= 4 is 35.8 Å². The van der Waals surface area contributed by atoms with E-state index < -0.39 is 48.9 Å². The minimum atomic E-state index is -1.19. The van der Waals surface area contributed by atoms with Crippen LogP contribution >= 0.6 is 0 Å². The number of piperidine rings is 4. The first-order valence-corrected chi connectivity index (χ1v) is 23.5. The fraction of sp³-hybridized carbons (Fsp3) is 0.875. The zero-order chi connectivity index (χ0) is 50.5. The average Bonchev–Trinajstić information content (AvgIpc) is 2.97. The van der Waals surface area contributed by atoms with E-state index >= 15 is 0 Å². The minimum absolute atomic E-state index is 0.186. The summed E-state index contributed by atoms with van der Waals surface area (Å²) in [5.74, 6) is -4.38. The first kappa shape index (κ1) is 56.9. The standard InChI is InChI=1S/C33H60N4O6.C15H26N2O6/c1-28(2)13-22(14-29(3,4)34-28)41-25(38)19-37(20-26(39)42-23-15-30(5,6)35-31(7,8)16-23)21-27(40)43-24-17-32(9,10)36-33(11,12)18-24;1-14(2)5-10(6-15(3,4)16-14)23-13(22)9-17(7-11(18)19)8-12(20)21/h22-24,34-36H,13-21H2,1-12H3;10,16H,5-9H2,1-4H3,(H,18,19)(H,20,21). The van der Waals surface area contributed by atoms with Crippen LogP contribution in [0.1, 0.15) is 162 Å². The molecule has 0 bridgehead atoms. The van der Waals surface area contributed by atoms with Crippen LogP contribution < -0.4 is 21.3 Å². The summed E-state index contributed by atoms with van der Waals surface area (Å²) in [5, 5.41) is 31.8. The van der Waals surface area contributed by atoms with Crippen molar-refractivity contribution in [3.05, 3.63) is 0 Å². The van der Waals surface area contributed by atoms with E-state index in [1.165, 1.54) is 4.90 Å². The van der Waals surface area contributed by atoms with Gasteiger partial charge in [0.1, 0.15) is 24.4 Å². The SMILES string of the molecule is CC1(C)CC(OC(=O)CN(CC(=O)O)CC(=O)O)CC(C)(C)N1.CC1(C)CC(OC(=O)CN(CC(=O)OC2CC(C)(C)NC(C)(C)C2)CC(=O)OC2CC(C)(C)NC(C)(C)C2)CC(C)(C)N1. The van der Waals surface area contributed by atoms with Crippen molar-refractivity contribution in [2.24, 2.45) is 0 Å². The number of hydrogen-bond acceptors (Lipinski definition) is 16. The summed E-state index contributed by atoms with van der Waals surface area (Å²) in [6, 6.07) is 0. The van der Waals surface area contributed by atoms with Gasteiger partial charge in [-0.25, -0.2) is 0 Å². The molecule has 0 amide bonds. The Hall–Kier alpha value is -3.42. The Morgan fingerprint density at radius 3 is 0.652 bits per heavy atom. The Labute approximate surface area is 394 Å². The second-order valence-electron chi connectivity index (χ2n) is 24.7. The summed E-state index contributed by atoms with van der Waals surface area (Å²) in [6.07, 6.45) is 4.25. The molecule has 0 atom stereocenters. The van der Waals surface area contributed by atoms with Gasteiger partial charge in [-0.05, 0) is 111 Å². The molecule has 4 heterocycles. The first-order chi connectivity index (χ1) is 29.7. The van der Waals surface area contributed by atoms with E-state index in [1.54, 1.807) is 0 Å². The summed E-state index contributed by atoms with van der Waals surface area (Å²) in [7, 11) is 0. The Morgan fingerprint density at radius 2 is 0.500 bits per heavy atom. The van der Waals surface area contributed by atoms with Gasteiger partial charge in [0, 0.05) is 95.7 Å². The molecule has 0 aromatic rings. The molecule has 4 saturated heterocycles. The van der Waals surface area contributed by atoms with Crippen molar-refractivity contribution in [3.8, 4) is 0 Å². The molecule has 66 heavy (non-hydrogen) atoms. The molecular weight excluding hydrogens is 853 g/mol. The number of rotatable bonds is 16. The van der Waals surface area contributed by atoms with Gasteiger partial charge in [-0.1, -0.05) is 0 Å². The summed E-state index contributed by atoms with van der Waals surface area (Å²) in [4.78, 5) is 75.7. The zero-order valence-electron chi connectivity index (χ0n) is 43.1. The molecule has 18 heteroatoms. The van der Waals surface area contributed by atoms with Crippen LogP contribution in [-0.4, -0.2) is 164 Å². The number of esters is 4. The number of nitrogens with one attached hydrogen (secondary N) is 4. The Morgan fingerprint density at radius 1 is 0.348 bits per heavy atom. The van der Waals surface area contributed by atoms with Crippen LogP contribution in [0.4, 0.5) is 0 Å². The number of carbonyl (C=O) groups is 6. The molecule has 0 aliphatic carbocycles. The first-order valence-electron chi connectivity index (χ1n) is 23.5. The lowest BCUT2D eigenvalue weighted by atomic mass is 9.81. The maximum absolute atomic E-state index is 13.2. The number of carbonyl (C=O) groups excluding carboxylic acids is 4. The molecule has 0 saturated carbocycles. The van der Waals surface area contributed by atoms with Crippen molar-refractivity contribution < 1.29 is 57.9 Å². The van der Waals surface area contributed by atoms with Gasteiger partial charge in [-0.15, -0.1) is 0 Å². The predicted octanol–water partition coefficient (Wildman–Crippen LogP) is 4.16. The fourth-order valence-electron chi connectivity index (χ4n) is 11.6. The van der Waals surface area contributed by atoms with E-state index in [2.05, 4.69) is 104 Å². The smallest absolute Gasteiger partial charge is 0.320 e. The molecule has 4 rings (SSSR count). The van der Waals surface area contributed by atoms with Gasteiger partial charge < -0.3 is 50.4 Å². The summed E-state index contributed by atoms with van der Waals surface area (Å²) < 4.78 is 23.2. The zero-order valence-corrected chi connectivity index (χ0v) is 43.1. The van der Waals surface area contributed by atoms with Crippen LogP contribution in [0.15, 0.2) is 0 Å². The number of hydrogen-bond donors (Lipinski definition) is 6. The summed E-state index contributed by atoms with van der Waals surface area (Å²) in [6.45, 7) is 31.2. The van der Waals surface area contributed by atoms with Crippen molar-refractivity contribution in [2.75, 3.05) is 39.3 Å². The minimum Gasteiger partial charge on any atom is -0.480 e. The molecular formula is C48H86N6O12. The molecule has 18 nitrogen and oxygen atoms in total. The van der Waals surface area contributed by atoms with Crippen molar-refractivity contribution in [2.45, 2.75) is 231 Å². The average molecular weight is 939 g/mol. The lowest BCUT2D eigenvalue weighted by Gasteiger charge is -2.46. The van der Waals surface area contributed by atoms with E-state index in [0.29, 0.717) is 51.4 Å². The van der Waals surface area contributed by atoms with Gasteiger partial charge in [-0.2, -0.15) is 0 Å². The van der Waals surface area contributed by atoms with Crippen molar-refractivity contribution in [3.63, 3.8) is 0 Å². The van der Waals surface area contributed by atoms with Crippen LogP contribution in [0.3, 0.4) is 0 Å². The quantitative estimate of drug-likeness (QED) is 0.0942. The highest BCUT2D eigenvalue weighted by Gasteiger charge is 2.43. The van der Waals surface area contributed by atoms with E-state index in [4.69, 9.17) is 29.2 Å². The lowest BCUT2D eigenvalue weighted by molar-refractivity contribution is -0.162. The number of carboxylic acid groups (broad SMARTS) is 2. The molecule has 0 radical (unpaired) electrons. The normalized spacial score (nSPS) is 24.3. The maximum Gasteiger partial charge on any atom is 0.320 e. The molecule has 4 aliphatic rings. The largest absolute Gasteiger partial charge is 0.480 e.